The second kappa shape index (κ2) is 7.79. The molecule has 32 heavy (non-hydrogen) atoms. The number of nitrogens with zero attached hydrogens (tertiary/aromatic N) is 4. The van der Waals surface area contributed by atoms with E-state index in [1.165, 1.54) is 0 Å². The Morgan fingerprint density at radius 3 is 2.31 bits per heavy atom. The van der Waals surface area contributed by atoms with Crippen molar-refractivity contribution in [3.8, 4) is 11.4 Å². The summed E-state index contributed by atoms with van der Waals surface area (Å²) in [6.45, 7) is 3.39. The Morgan fingerprint density at radius 2 is 1.72 bits per heavy atom. The predicted octanol–water partition coefficient (Wildman–Crippen LogP) is 2.75. The van der Waals surface area contributed by atoms with E-state index in [0.29, 0.717) is 34.0 Å². The van der Waals surface area contributed by atoms with E-state index in [1.54, 1.807) is 56.9 Å². The van der Waals surface area contributed by atoms with Gasteiger partial charge in [0.25, 0.3) is 15.9 Å². The number of aryl methyl sites for hydroxylation is 3. The van der Waals surface area contributed by atoms with E-state index in [0.717, 1.165) is 11.1 Å². The molecule has 0 radical (unpaired) electrons. The summed E-state index contributed by atoms with van der Waals surface area (Å²) in [5, 5.41) is 6.79. The van der Waals surface area contributed by atoms with Gasteiger partial charge in [0.1, 0.15) is 10.7 Å². The molecular weight excluding hydrogens is 428 g/mol. The first-order valence-electron chi connectivity index (χ1n) is 9.94. The second-order valence-electron chi connectivity index (χ2n) is 7.58. The van der Waals surface area contributed by atoms with Gasteiger partial charge in [-0.1, -0.05) is 12.1 Å². The third kappa shape index (κ3) is 3.62. The Morgan fingerprint density at radius 1 is 1.03 bits per heavy atom. The summed E-state index contributed by atoms with van der Waals surface area (Å²) < 4.78 is 32.1. The first kappa shape index (κ1) is 21.6. The first-order valence-corrected chi connectivity index (χ1v) is 11.4. The fourth-order valence-electron chi connectivity index (χ4n) is 3.79. The van der Waals surface area contributed by atoms with Crippen molar-refractivity contribution in [1.82, 2.24) is 24.6 Å². The standard InChI is InChI=1S/C22H24N6O3S/c1-13-20(14(2)28(5)25-13)32(30,31)26-17-10-11-19-18(12-17)24-21(27(19)4)15-6-8-16(9-7-15)22(29)23-3/h6-12,26H,1-5H3,(H,23,29). The van der Waals surface area contributed by atoms with E-state index >= 15 is 0 Å². The van der Waals surface area contributed by atoms with Crippen molar-refractivity contribution in [1.29, 1.82) is 0 Å². The number of anilines is 1. The number of carbonyl (C=O) groups excluding carboxylic acids is 1. The van der Waals surface area contributed by atoms with Gasteiger partial charge < -0.3 is 9.88 Å². The molecular formula is C22H24N6O3S. The Labute approximate surface area is 186 Å². The lowest BCUT2D eigenvalue weighted by molar-refractivity contribution is 0.0963. The van der Waals surface area contributed by atoms with Crippen molar-refractivity contribution in [3.05, 3.63) is 59.4 Å². The number of amides is 1. The molecule has 166 valence electrons. The molecule has 0 aliphatic carbocycles. The number of nitrogens with one attached hydrogen (secondary N) is 2. The average molecular weight is 453 g/mol. The van der Waals surface area contributed by atoms with Crippen molar-refractivity contribution >= 4 is 32.7 Å². The molecule has 0 aliphatic rings. The summed E-state index contributed by atoms with van der Waals surface area (Å²) >= 11 is 0. The number of fused-ring (bicyclic) bond motifs is 1. The summed E-state index contributed by atoms with van der Waals surface area (Å²) in [6, 6.07) is 12.4. The fraction of sp³-hybridized carbons (Fsp3) is 0.227. The van der Waals surface area contributed by atoms with Crippen LogP contribution in [-0.4, -0.2) is 40.7 Å². The van der Waals surface area contributed by atoms with Gasteiger partial charge in [-0.2, -0.15) is 5.10 Å². The van der Waals surface area contributed by atoms with Crippen LogP contribution in [0, 0.1) is 13.8 Å². The largest absolute Gasteiger partial charge is 0.355 e. The molecule has 2 N–H and O–H groups in total. The van der Waals surface area contributed by atoms with Gasteiger partial charge in [-0.3, -0.25) is 14.2 Å². The maximum absolute atomic E-state index is 13.0. The molecule has 2 heterocycles. The van der Waals surface area contributed by atoms with Crippen molar-refractivity contribution in [2.24, 2.45) is 14.1 Å². The minimum atomic E-state index is -3.80. The molecule has 9 nitrogen and oxygen atoms in total. The summed E-state index contributed by atoms with van der Waals surface area (Å²) in [6.07, 6.45) is 0. The van der Waals surface area contributed by atoms with Crippen molar-refractivity contribution in [2.45, 2.75) is 18.7 Å². The van der Waals surface area contributed by atoms with Crippen molar-refractivity contribution in [3.63, 3.8) is 0 Å². The summed E-state index contributed by atoms with van der Waals surface area (Å²) in [7, 11) is 1.39. The molecule has 0 saturated carbocycles. The van der Waals surface area contributed by atoms with E-state index in [4.69, 9.17) is 4.98 Å². The van der Waals surface area contributed by atoms with Crippen LogP contribution in [0.2, 0.25) is 0 Å². The topological polar surface area (TPSA) is 111 Å². The summed E-state index contributed by atoms with van der Waals surface area (Å²) in [5.41, 5.74) is 4.34. The van der Waals surface area contributed by atoms with Crippen LogP contribution in [0.4, 0.5) is 5.69 Å². The van der Waals surface area contributed by atoms with Gasteiger partial charge in [0, 0.05) is 32.3 Å². The molecule has 0 saturated heterocycles. The summed E-state index contributed by atoms with van der Waals surface area (Å²) in [4.78, 5) is 16.6. The van der Waals surface area contributed by atoms with Crippen LogP contribution in [0.3, 0.4) is 0 Å². The van der Waals surface area contributed by atoms with Gasteiger partial charge in [-0.25, -0.2) is 13.4 Å². The monoisotopic (exact) mass is 452 g/mol. The van der Waals surface area contributed by atoms with Crippen LogP contribution < -0.4 is 10.0 Å². The third-order valence-corrected chi connectivity index (χ3v) is 7.11. The van der Waals surface area contributed by atoms with E-state index in [1.807, 2.05) is 29.8 Å². The third-order valence-electron chi connectivity index (χ3n) is 5.48. The first-order chi connectivity index (χ1) is 15.1. The highest BCUT2D eigenvalue weighted by molar-refractivity contribution is 7.92. The maximum Gasteiger partial charge on any atom is 0.265 e. The van der Waals surface area contributed by atoms with Gasteiger partial charge >= 0.3 is 0 Å². The molecule has 2 aromatic heterocycles. The molecule has 0 bridgehead atoms. The minimum Gasteiger partial charge on any atom is -0.355 e. The van der Waals surface area contributed by atoms with Crippen LogP contribution >= 0.6 is 0 Å². The Hall–Kier alpha value is -3.66. The second-order valence-corrected chi connectivity index (χ2v) is 9.20. The smallest absolute Gasteiger partial charge is 0.265 e. The van der Waals surface area contributed by atoms with Gasteiger partial charge in [0.2, 0.25) is 0 Å². The zero-order valence-electron chi connectivity index (χ0n) is 18.5. The van der Waals surface area contributed by atoms with Crippen LogP contribution in [-0.2, 0) is 24.1 Å². The van der Waals surface area contributed by atoms with E-state index in [-0.39, 0.29) is 10.8 Å². The van der Waals surface area contributed by atoms with Crippen LogP contribution in [0.5, 0.6) is 0 Å². The molecule has 1 amide bonds. The average Bonchev–Trinajstić information content (AvgIpc) is 3.22. The van der Waals surface area contributed by atoms with Gasteiger partial charge in [0.05, 0.1) is 28.1 Å². The number of carbonyl (C=O) groups is 1. The van der Waals surface area contributed by atoms with E-state index in [2.05, 4.69) is 15.1 Å². The molecule has 0 atom stereocenters. The molecule has 0 unspecified atom stereocenters. The highest BCUT2D eigenvalue weighted by Crippen LogP contribution is 2.28. The molecule has 2 aromatic carbocycles. The van der Waals surface area contributed by atoms with Gasteiger partial charge in [-0.05, 0) is 44.2 Å². The number of imidazole rings is 1. The summed E-state index contributed by atoms with van der Waals surface area (Å²) in [5.74, 6) is 0.556. The van der Waals surface area contributed by atoms with Gasteiger partial charge in [0.15, 0.2) is 0 Å². The maximum atomic E-state index is 13.0. The predicted molar refractivity (Wildman–Crippen MR) is 123 cm³/mol. The highest BCUT2D eigenvalue weighted by Gasteiger charge is 2.24. The van der Waals surface area contributed by atoms with Crippen molar-refractivity contribution < 1.29 is 13.2 Å². The zero-order valence-corrected chi connectivity index (χ0v) is 19.3. The number of hydrogen-bond acceptors (Lipinski definition) is 5. The lowest BCUT2D eigenvalue weighted by Crippen LogP contribution is -2.17. The van der Waals surface area contributed by atoms with E-state index in [9.17, 15) is 13.2 Å². The molecule has 0 spiro atoms. The van der Waals surface area contributed by atoms with Crippen LogP contribution in [0.1, 0.15) is 21.7 Å². The lowest BCUT2D eigenvalue weighted by Gasteiger charge is -2.08. The van der Waals surface area contributed by atoms with Gasteiger partial charge in [-0.15, -0.1) is 0 Å². The molecule has 4 rings (SSSR count). The lowest BCUT2D eigenvalue weighted by atomic mass is 10.1. The molecule has 0 aliphatic heterocycles. The van der Waals surface area contributed by atoms with Crippen LogP contribution in [0.15, 0.2) is 47.4 Å². The zero-order chi connectivity index (χ0) is 23.2. The van der Waals surface area contributed by atoms with Crippen LogP contribution in [0.25, 0.3) is 22.4 Å². The molecule has 10 heteroatoms. The SMILES string of the molecule is CNC(=O)c1ccc(-c2nc3cc(NS(=O)(=O)c4c(C)nn(C)c4C)ccc3n2C)cc1. The number of hydrogen-bond donors (Lipinski definition) is 2. The number of benzene rings is 2. The van der Waals surface area contributed by atoms with E-state index < -0.39 is 10.0 Å². The Balaban J connectivity index is 1.69. The molecule has 0 fully saturated rings. The minimum absolute atomic E-state index is 0.155. The Kier molecular flexibility index (Phi) is 5.25. The quantitative estimate of drug-likeness (QED) is 0.484. The normalized spacial score (nSPS) is 11.7. The fourth-order valence-corrected chi connectivity index (χ4v) is 5.28. The highest BCUT2D eigenvalue weighted by atomic mass is 32.2. The Bertz CT molecular complexity index is 1450. The number of rotatable bonds is 5. The number of sulfonamides is 1. The van der Waals surface area contributed by atoms with Crippen molar-refractivity contribution in [2.75, 3.05) is 11.8 Å². The number of aromatic nitrogens is 4. The molecule has 4 aromatic rings.